The molecule has 2 atom stereocenters. The number of carbonyl (C=O) groups excluding carboxylic acids is 1. The van der Waals surface area contributed by atoms with Crippen molar-refractivity contribution in [1.29, 1.82) is 0 Å². The van der Waals surface area contributed by atoms with E-state index in [1.54, 1.807) is 36.7 Å². The Balaban J connectivity index is 1.68. The van der Waals surface area contributed by atoms with E-state index in [0.717, 1.165) is 5.56 Å². The Morgan fingerprint density at radius 2 is 1.74 bits per heavy atom. The fourth-order valence-electron chi connectivity index (χ4n) is 5.04. The molecule has 0 radical (unpaired) electrons. The summed E-state index contributed by atoms with van der Waals surface area (Å²) < 4.78 is 32.2. The Labute approximate surface area is 199 Å². The Morgan fingerprint density at radius 1 is 1.06 bits per heavy atom. The molecular weight excluding hydrogens is 457 g/mol. The van der Waals surface area contributed by atoms with Crippen LogP contribution in [0.4, 0.5) is 0 Å². The monoisotopic (exact) mass is 489 g/mol. The summed E-state index contributed by atoms with van der Waals surface area (Å²) in [6.45, 7) is 4.34. The van der Waals surface area contributed by atoms with Gasteiger partial charge in [0.15, 0.2) is 11.4 Å². The first-order chi connectivity index (χ1) is 16.3. The highest BCUT2D eigenvalue weighted by Crippen LogP contribution is 2.61. The minimum Gasteiger partial charge on any atom is -0.482 e. The van der Waals surface area contributed by atoms with Gasteiger partial charge in [-0.3, -0.25) is 23.8 Å². The van der Waals surface area contributed by atoms with Gasteiger partial charge >= 0.3 is 7.60 Å². The normalized spacial score (nSPS) is 22.4. The molecule has 1 aliphatic heterocycles. The van der Waals surface area contributed by atoms with E-state index in [9.17, 15) is 14.2 Å². The Hall–Kier alpha value is -2.61. The van der Waals surface area contributed by atoms with Crippen molar-refractivity contribution in [1.82, 2.24) is 9.58 Å². The number of ether oxygens (including phenoxy) is 1. The van der Waals surface area contributed by atoms with Crippen molar-refractivity contribution in [3.05, 3.63) is 64.1 Å². The molecule has 9 nitrogen and oxygen atoms in total. The van der Waals surface area contributed by atoms with Crippen LogP contribution in [0.3, 0.4) is 0 Å². The summed E-state index contributed by atoms with van der Waals surface area (Å²) in [7, 11) is 0.258. The molecule has 2 aromatic rings. The highest BCUT2D eigenvalue weighted by atomic mass is 31.2. The molecule has 1 aromatic heterocycles. The molecule has 1 amide bonds. The lowest BCUT2D eigenvalue weighted by atomic mass is 10.0. The van der Waals surface area contributed by atoms with Crippen LogP contribution >= 0.6 is 7.60 Å². The smallest absolute Gasteiger partial charge is 0.333 e. The van der Waals surface area contributed by atoms with Gasteiger partial charge in [-0.25, -0.2) is 0 Å². The second-order valence-corrected chi connectivity index (χ2v) is 10.9. The maximum Gasteiger partial charge on any atom is 0.333 e. The molecule has 10 heteroatoms. The van der Waals surface area contributed by atoms with Crippen LogP contribution in [0.5, 0.6) is 5.75 Å². The molecule has 0 N–H and O–H groups in total. The molecule has 2 aliphatic rings. The molecule has 1 fully saturated rings. The van der Waals surface area contributed by atoms with E-state index in [1.165, 1.54) is 6.07 Å². The van der Waals surface area contributed by atoms with E-state index in [1.807, 2.05) is 42.4 Å². The first-order valence-electron chi connectivity index (χ1n) is 11.6. The van der Waals surface area contributed by atoms with Gasteiger partial charge in [-0.05, 0) is 32.3 Å². The van der Waals surface area contributed by atoms with Crippen molar-refractivity contribution in [3.63, 3.8) is 0 Å². The number of rotatable bonds is 8. The van der Waals surface area contributed by atoms with Crippen molar-refractivity contribution in [2.24, 2.45) is 0 Å². The summed E-state index contributed by atoms with van der Waals surface area (Å²) in [5, 5.41) is 1.93. The molecule has 1 spiro atoms. The summed E-state index contributed by atoms with van der Waals surface area (Å²) in [4.78, 5) is 28.0. The van der Waals surface area contributed by atoms with Gasteiger partial charge in [-0.2, -0.15) is 0 Å². The predicted octanol–water partition coefficient (Wildman–Crippen LogP) is 3.60. The quantitative estimate of drug-likeness (QED) is 0.524. The predicted molar refractivity (Wildman–Crippen MR) is 129 cm³/mol. The minimum absolute atomic E-state index is 0.0220. The third kappa shape index (κ3) is 4.06. The van der Waals surface area contributed by atoms with Crippen LogP contribution in [0.1, 0.15) is 49.2 Å². The molecule has 34 heavy (non-hydrogen) atoms. The highest BCUT2D eigenvalue weighted by molar-refractivity contribution is 7.54. The zero-order valence-corrected chi connectivity index (χ0v) is 21.0. The number of aromatic nitrogens is 1. The van der Waals surface area contributed by atoms with Gasteiger partial charge in [-0.15, -0.1) is 0 Å². The number of nitrogens with zero attached hydrogens (tertiary/aromatic N) is 3. The van der Waals surface area contributed by atoms with Crippen molar-refractivity contribution in [2.75, 3.05) is 32.3 Å². The van der Waals surface area contributed by atoms with E-state index in [-0.39, 0.29) is 48.3 Å². The maximum atomic E-state index is 13.6. The van der Waals surface area contributed by atoms with E-state index in [2.05, 4.69) is 0 Å². The van der Waals surface area contributed by atoms with Gasteiger partial charge in [0.25, 0.3) is 5.91 Å². The van der Waals surface area contributed by atoms with Gasteiger partial charge in [0.1, 0.15) is 12.3 Å². The zero-order valence-electron chi connectivity index (χ0n) is 20.1. The van der Waals surface area contributed by atoms with E-state index < -0.39 is 13.3 Å². The lowest BCUT2D eigenvalue weighted by Crippen LogP contribution is -2.67. The lowest BCUT2D eigenvalue weighted by Gasteiger charge is -2.51. The van der Waals surface area contributed by atoms with Crippen LogP contribution in [0, 0.1) is 0 Å². The van der Waals surface area contributed by atoms with Crippen molar-refractivity contribution in [3.8, 4) is 5.75 Å². The van der Waals surface area contributed by atoms with Crippen molar-refractivity contribution >= 4 is 13.5 Å². The number of pyridine rings is 1. The van der Waals surface area contributed by atoms with Crippen LogP contribution in [-0.4, -0.2) is 54.1 Å². The summed E-state index contributed by atoms with van der Waals surface area (Å²) in [5.41, 5.74) is -0.341. The number of hydrogen-bond donors (Lipinski definition) is 0. The summed E-state index contributed by atoms with van der Waals surface area (Å²) in [6, 6.07) is 10.9. The zero-order chi connectivity index (χ0) is 24.5. The first-order valence-corrected chi connectivity index (χ1v) is 13.2. The summed E-state index contributed by atoms with van der Waals surface area (Å²) in [5.74, 6) is -0.295. The van der Waals surface area contributed by atoms with Gasteiger partial charge < -0.3 is 18.7 Å². The Morgan fingerprint density at radius 3 is 2.38 bits per heavy atom. The van der Waals surface area contributed by atoms with Crippen LogP contribution in [0.15, 0.2) is 47.4 Å². The lowest BCUT2D eigenvalue weighted by molar-refractivity contribution is 0.0399. The second kappa shape index (κ2) is 9.56. The van der Waals surface area contributed by atoms with Crippen molar-refractivity contribution < 1.29 is 23.1 Å². The van der Waals surface area contributed by atoms with Crippen LogP contribution in [-0.2, 0) is 20.2 Å². The highest BCUT2D eigenvalue weighted by Gasteiger charge is 2.56. The number of fused-ring (bicyclic) bond motifs is 1. The van der Waals surface area contributed by atoms with Gasteiger partial charge in [-0.1, -0.05) is 30.3 Å². The number of carbonyl (C=O) groups is 1. The Kier molecular flexibility index (Phi) is 6.90. The number of hydrogen-bond acceptors (Lipinski definition) is 7. The van der Waals surface area contributed by atoms with Crippen LogP contribution in [0.25, 0.3) is 0 Å². The fourth-order valence-corrected chi connectivity index (χ4v) is 7.22. The molecule has 2 heterocycles. The molecule has 0 saturated heterocycles. The molecule has 1 saturated carbocycles. The molecule has 4 rings (SSSR count). The molecule has 184 valence electrons. The largest absolute Gasteiger partial charge is 0.482 e. The topological polar surface area (TPSA) is 90.3 Å². The van der Waals surface area contributed by atoms with Gasteiger partial charge in [0.2, 0.25) is 5.43 Å². The third-order valence-corrected chi connectivity index (χ3v) is 9.40. The summed E-state index contributed by atoms with van der Waals surface area (Å²) >= 11 is 0. The maximum absolute atomic E-state index is 13.6. The first kappa shape index (κ1) is 24.5. The number of benzene rings is 1. The average molecular weight is 490 g/mol. The SMILES string of the molecule is CCOP(=O)(OCC)[C@H]1CCC2(C1)N(C)C(=O)c1c(OCc3ccccc3)c(=O)ccn1N2C. The molecular formula is C24H32N3O6P. The number of amides is 1. The van der Waals surface area contributed by atoms with Crippen LogP contribution < -0.4 is 15.2 Å². The van der Waals surface area contributed by atoms with Gasteiger partial charge in [0, 0.05) is 32.8 Å². The van der Waals surface area contributed by atoms with Gasteiger partial charge in [0.05, 0.1) is 18.9 Å². The van der Waals surface area contributed by atoms with E-state index in [4.69, 9.17) is 13.8 Å². The van der Waals surface area contributed by atoms with E-state index >= 15 is 0 Å². The van der Waals surface area contributed by atoms with Crippen LogP contribution in [0.2, 0.25) is 0 Å². The third-order valence-electron chi connectivity index (χ3n) is 6.82. The molecule has 1 aliphatic carbocycles. The summed E-state index contributed by atoms with van der Waals surface area (Å²) in [6.07, 6.45) is 3.20. The minimum atomic E-state index is -3.33. The molecule has 0 bridgehead atoms. The standard InChI is InChI=1S/C24H32N3O6P/c1-5-32-34(30,33-6-2)19-12-14-24(16-19)25(3)23(29)21-22(20(28)13-15-27(21)26(24)4)31-17-18-10-8-7-9-11-18/h7-11,13,15,19H,5-6,12,14,16-17H2,1-4H3/t19-,24?/m0/s1. The fraction of sp³-hybridized carbons (Fsp3) is 0.500. The average Bonchev–Trinajstić information content (AvgIpc) is 3.29. The second-order valence-electron chi connectivity index (χ2n) is 8.62. The van der Waals surface area contributed by atoms with E-state index in [0.29, 0.717) is 19.3 Å². The Bertz CT molecular complexity index is 1140. The van der Waals surface area contributed by atoms with Crippen molar-refractivity contribution in [2.45, 2.75) is 51.0 Å². The molecule has 1 unspecified atom stereocenters. The molecule has 1 aromatic carbocycles.